The first-order valence-corrected chi connectivity index (χ1v) is 28.8. The lowest BCUT2D eigenvalue weighted by Gasteiger charge is -2.34. The van der Waals surface area contributed by atoms with Crippen LogP contribution in [0.3, 0.4) is 0 Å². The molecule has 13 aromatic rings. The zero-order chi connectivity index (χ0) is 51.5. The Labute approximate surface area is 462 Å². The minimum absolute atomic E-state index is 0.257. The van der Waals surface area contributed by atoms with E-state index in [1.54, 1.807) is 34.0 Å². The van der Waals surface area contributed by atoms with Gasteiger partial charge in [0.2, 0.25) is 0 Å². The number of anilines is 9. The summed E-state index contributed by atoms with van der Waals surface area (Å²) in [7, 11) is 0. The monoisotopic (exact) mass is 1040 g/mol. The second-order valence-electron chi connectivity index (χ2n) is 20.1. The van der Waals surface area contributed by atoms with Crippen LogP contribution in [0.5, 0.6) is 0 Å². The Kier molecular flexibility index (Phi) is 11.8. The van der Waals surface area contributed by atoms with Crippen molar-refractivity contribution in [2.24, 2.45) is 0 Å². The third-order valence-corrected chi connectivity index (χ3v) is 17.9. The maximum atomic E-state index is 2.57. The smallest absolute Gasteiger partial charge is 0.1000 e. The van der Waals surface area contributed by atoms with Crippen LogP contribution >= 0.6 is 34.0 Å². The van der Waals surface area contributed by atoms with Gasteiger partial charge < -0.3 is 14.7 Å². The lowest BCUT2D eigenvalue weighted by Crippen LogP contribution is -2.17. The van der Waals surface area contributed by atoms with Crippen LogP contribution < -0.4 is 14.7 Å². The second kappa shape index (κ2) is 19.4. The molecule has 0 atom stereocenters. The highest BCUT2D eigenvalue weighted by Crippen LogP contribution is 2.59. The van der Waals surface area contributed by atoms with Crippen LogP contribution in [-0.4, -0.2) is 0 Å². The average molecular weight is 1040 g/mol. The molecule has 0 spiro atoms. The molecular formula is C71H51N3S3. The van der Waals surface area contributed by atoms with E-state index in [1.807, 2.05) is 0 Å². The SMILES string of the molecule is CC1(C)c2ccccc2-c2cc3c(N(c4cccs4)c4ccccc4-c4ccccc4)c4cc(N(c5cccs5)c5ccccc5-c5ccccc5)ccc4c(N(c4cccs4)c4ccccc4-c4ccccc4)c3cc21. The fourth-order valence-corrected chi connectivity index (χ4v) is 14.1. The molecule has 1 aliphatic rings. The van der Waals surface area contributed by atoms with Gasteiger partial charge in [0.15, 0.2) is 0 Å². The topological polar surface area (TPSA) is 9.72 Å². The van der Waals surface area contributed by atoms with Crippen LogP contribution in [0.2, 0.25) is 0 Å². The van der Waals surface area contributed by atoms with Crippen molar-refractivity contribution >= 4 is 105 Å². The lowest BCUT2D eigenvalue weighted by atomic mass is 9.81. The van der Waals surface area contributed by atoms with Crippen molar-refractivity contribution in [3.63, 3.8) is 0 Å². The van der Waals surface area contributed by atoms with Crippen molar-refractivity contribution in [3.05, 3.63) is 282 Å². The maximum Gasteiger partial charge on any atom is 0.1000 e. The van der Waals surface area contributed by atoms with Gasteiger partial charge in [-0.05, 0) is 134 Å². The van der Waals surface area contributed by atoms with Crippen molar-refractivity contribution in [3.8, 4) is 44.5 Å². The van der Waals surface area contributed by atoms with Gasteiger partial charge in [-0.2, -0.15) is 0 Å². The molecule has 3 heterocycles. The van der Waals surface area contributed by atoms with Gasteiger partial charge in [-0.3, -0.25) is 0 Å². The van der Waals surface area contributed by atoms with Crippen molar-refractivity contribution in [1.82, 2.24) is 0 Å². The van der Waals surface area contributed by atoms with Crippen LogP contribution in [0, 0.1) is 0 Å². The standard InChI is InChI=1S/C71H51N3S3/c1-71(2)61-33-16-12-32-55(61)57-46-59-60(47-62(57)71)69(73(67-38-21-43-76-67)64-35-18-14-30-53(64)49-25-8-4-9-26-49)56-41-40-51(72(66-37-20-42-75-66)63-34-17-13-29-52(63)48-23-6-3-7-24-48)45-58(56)70(59)74(68-39-22-44-77-68)65-36-19-15-31-54(65)50-27-10-5-11-28-50/h3-47H,1-2H3. The van der Waals surface area contributed by atoms with Crippen molar-refractivity contribution in [2.45, 2.75) is 19.3 Å². The largest absolute Gasteiger partial charge is 0.301 e. The van der Waals surface area contributed by atoms with E-state index in [-0.39, 0.29) is 5.41 Å². The molecule has 3 aromatic heterocycles. The highest BCUT2D eigenvalue weighted by atomic mass is 32.1. The van der Waals surface area contributed by atoms with Gasteiger partial charge >= 0.3 is 0 Å². The summed E-state index contributed by atoms with van der Waals surface area (Å²) in [5.74, 6) is 0. The molecule has 14 rings (SSSR count). The van der Waals surface area contributed by atoms with Crippen LogP contribution in [0.15, 0.2) is 271 Å². The Morgan fingerprint density at radius 2 is 0.675 bits per heavy atom. The third kappa shape index (κ3) is 7.99. The highest BCUT2D eigenvalue weighted by Gasteiger charge is 2.38. The predicted molar refractivity (Wildman–Crippen MR) is 333 cm³/mol. The molecule has 368 valence electrons. The molecule has 3 nitrogen and oxygen atoms in total. The Bertz CT molecular complexity index is 4240. The van der Waals surface area contributed by atoms with Crippen molar-refractivity contribution in [2.75, 3.05) is 14.7 Å². The van der Waals surface area contributed by atoms with Crippen LogP contribution in [0.1, 0.15) is 25.0 Å². The molecule has 1 aliphatic carbocycles. The van der Waals surface area contributed by atoms with E-state index in [2.05, 4.69) is 299 Å². The maximum absolute atomic E-state index is 2.57. The molecule has 0 unspecified atom stereocenters. The van der Waals surface area contributed by atoms with E-state index in [1.165, 1.54) is 44.2 Å². The van der Waals surface area contributed by atoms with Gasteiger partial charge in [-0.25, -0.2) is 0 Å². The summed E-state index contributed by atoms with van der Waals surface area (Å²) in [5.41, 5.74) is 18.6. The molecule has 10 aromatic carbocycles. The molecule has 0 bridgehead atoms. The first kappa shape index (κ1) is 46.7. The van der Waals surface area contributed by atoms with Gasteiger partial charge in [0.25, 0.3) is 0 Å². The Hall–Kier alpha value is -8.78. The molecule has 0 amide bonds. The first-order valence-electron chi connectivity index (χ1n) is 26.1. The van der Waals surface area contributed by atoms with Crippen molar-refractivity contribution < 1.29 is 0 Å². The van der Waals surface area contributed by atoms with Gasteiger partial charge in [-0.1, -0.05) is 190 Å². The highest BCUT2D eigenvalue weighted by molar-refractivity contribution is 7.15. The van der Waals surface area contributed by atoms with Crippen molar-refractivity contribution in [1.29, 1.82) is 0 Å². The number of rotatable bonds is 12. The van der Waals surface area contributed by atoms with E-state index in [4.69, 9.17) is 0 Å². The van der Waals surface area contributed by atoms with Gasteiger partial charge in [0.05, 0.1) is 43.4 Å². The number of benzene rings is 10. The predicted octanol–water partition coefficient (Wildman–Crippen LogP) is 21.9. The van der Waals surface area contributed by atoms with E-state index in [9.17, 15) is 0 Å². The molecule has 0 N–H and O–H groups in total. The molecular weight excluding hydrogens is 991 g/mol. The van der Waals surface area contributed by atoms with E-state index in [0.717, 1.165) is 82.2 Å². The number of hydrogen-bond donors (Lipinski definition) is 0. The second-order valence-corrected chi connectivity index (χ2v) is 22.8. The lowest BCUT2D eigenvalue weighted by molar-refractivity contribution is 0.661. The molecule has 0 aliphatic heterocycles. The fourth-order valence-electron chi connectivity index (χ4n) is 11.9. The molecule has 0 saturated carbocycles. The molecule has 0 fully saturated rings. The zero-order valence-corrected chi connectivity index (χ0v) is 45.0. The van der Waals surface area contributed by atoms with Gasteiger partial charge in [0.1, 0.15) is 0 Å². The fraction of sp³-hybridized carbons (Fsp3) is 0.0423. The van der Waals surface area contributed by atoms with Crippen LogP contribution in [-0.2, 0) is 5.41 Å². The summed E-state index contributed by atoms with van der Waals surface area (Å²) in [5, 5.41) is 14.6. The van der Waals surface area contributed by atoms with Crippen LogP contribution in [0.25, 0.3) is 66.1 Å². The normalized spacial score (nSPS) is 12.4. The average Bonchev–Trinajstić information content (AvgIpc) is 4.43. The summed E-state index contributed by atoms with van der Waals surface area (Å²) >= 11 is 5.31. The molecule has 0 saturated heterocycles. The van der Waals surface area contributed by atoms with Gasteiger partial charge in [-0.15, -0.1) is 34.0 Å². The minimum atomic E-state index is -0.257. The van der Waals surface area contributed by atoms with Crippen LogP contribution in [0.4, 0.5) is 49.1 Å². The Morgan fingerprint density at radius 3 is 1.16 bits per heavy atom. The van der Waals surface area contributed by atoms with E-state index < -0.39 is 0 Å². The Morgan fingerprint density at radius 1 is 0.286 bits per heavy atom. The Balaban J connectivity index is 1.18. The third-order valence-electron chi connectivity index (χ3n) is 15.3. The summed E-state index contributed by atoms with van der Waals surface area (Å²) < 4.78 is 0. The van der Waals surface area contributed by atoms with E-state index in [0.29, 0.717) is 0 Å². The first-order chi connectivity index (χ1) is 38.0. The number of para-hydroxylation sites is 3. The number of fused-ring (bicyclic) bond motifs is 5. The number of hydrogen-bond acceptors (Lipinski definition) is 6. The number of nitrogens with zero attached hydrogens (tertiary/aromatic N) is 3. The molecule has 6 heteroatoms. The van der Waals surface area contributed by atoms with E-state index >= 15 is 0 Å². The number of thiophene rings is 3. The summed E-state index contributed by atoms with van der Waals surface area (Å²) in [6.45, 7) is 4.80. The summed E-state index contributed by atoms with van der Waals surface area (Å²) in [4.78, 5) is 7.61. The minimum Gasteiger partial charge on any atom is -0.301 e. The summed E-state index contributed by atoms with van der Waals surface area (Å²) in [6.07, 6.45) is 0. The van der Waals surface area contributed by atoms with Gasteiger partial charge in [0, 0.05) is 49.3 Å². The molecule has 77 heavy (non-hydrogen) atoms. The zero-order valence-electron chi connectivity index (χ0n) is 42.5. The summed E-state index contributed by atoms with van der Waals surface area (Å²) in [6, 6.07) is 94.1. The quantitative estimate of drug-likeness (QED) is 0.0892. The molecule has 0 radical (unpaired) electrons.